The van der Waals surface area contributed by atoms with E-state index in [0.29, 0.717) is 15.7 Å². The Bertz CT molecular complexity index is 1530. The number of sulfonamides is 1. The molecule has 5 rings (SSSR count). The summed E-state index contributed by atoms with van der Waals surface area (Å²) in [4.78, 5) is 10.3. The third-order valence-corrected chi connectivity index (χ3v) is 9.48. The van der Waals surface area contributed by atoms with Gasteiger partial charge >= 0.3 is 0 Å². The van der Waals surface area contributed by atoms with Gasteiger partial charge in [-0.1, -0.05) is 65.4 Å². The van der Waals surface area contributed by atoms with E-state index in [9.17, 15) is 8.42 Å². The fraction of sp³-hybridized carbons (Fsp3) is 0.0833. The van der Waals surface area contributed by atoms with E-state index in [2.05, 4.69) is 9.97 Å². The number of aromatic nitrogens is 2. The quantitative estimate of drug-likeness (QED) is 0.247. The maximum Gasteiger partial charge on any atom is 0.266 e. The summed E-state index contributed by atoms with van der Waals surface area (Å²) < 4.78 is 29.0. The minimum Gasteiger partial charge on any atom is -0.244 e. The fourth-order valence-corrected chi connectivity index (χ4v) is 7.18. The zero-order valence-electron chi connectivity index (χ0n) is 17.5. The minimum absolute atomic E-state index is 0.213. The predicted octanol–water partition coefficient (Wildman–Crippen LogP) is 6.96. The largest absolute Gasteiger partial charge is 0.266 e. The topological polar surface area (TPSA) is 63.2 Å². The molecule has 0 spiro atoms. The lowest BCUT2D eigenvalue weighted by atomic mass is 10.2. The maximum absolute atomic E-state index is 13.4. The number of hydrogen-bond donors (Lipinski definition) is 0. The Morgan fingerprint density at radius 3 is 2.42 bits per heavy atom. The summed E-state index contributed by atoms with van der Waals surface area (Å²) in [5, 5.41) is 1.83. The molecule has 0 N–H and O–H groups in total. The average Bonchev–Trinajstić information content (AvgIpc) is 3.47. The van der Waals surface area contributed by atoms with Crippen molar-refractivity contribution in [3.8, 4) is 21.0 Å². The molecule has 0 saturated carbocycles. The van der Waals surface area contributed by atoms with Gasteiger partial charge in [0.05, 0.1) is 20.0 Å². The van der Waals surface area contributed by atoms with Crippen LogP contribution in [0.25, 0.3) is 31.2 Å². The highest BCUT2D eigenvalue weighted by Crippen LogP contribution is 2.35. The van der Waals surface area contributed by atoms with Crippen molar-refractivity contribution in [3.63, 3.8) is 0 Å². The van der Waals surface area contributed by atoms with Crippen molar-refractivity contribution < 1.29 is 8.42 Å². The molecule has 3 aromatic carbocycles. The SMILES string of the molecule is CCN(c1nc2cc(Cl)ccc2s1)S(=O)(=O)c1ccc(-c2ncc(-c3ccccc3)s2)cc1. The first-order chi connectivity index (χ1) is 16.0. The van der Waals surface area contributed by atoms with E-state index in [1.54, 1.807) is 54.7 Å². The molecule has 166 valence electrons. The Kier molecular flexibility index (Phi) is 5.92. The molecular formula is C24H18ClN3O2S3. The van der Waals surface area contributed by atoms with Crippen LogP contribution in [0.3, 0.4) is 0 Å². The second kappa shape index (κ2) is 8.87. The van der Waals surface area contributed by atoms with Crippen LogP contribution in [-0.2, 0) is 10.0 Å². The lowest BCUT2D eigenvalue weighted by molar-refractivity contribution is 0.592. The molecular weight excluding hydrogens is 494 g/mol. The minimum atomic E-state index is -3.77. The Morgan fingerprint density at radius 2 is 1.70 bits per heavy atom. The van der Waals surface area contributed by atoms with Gasteiger partial charge in [-0.15, -0.1) is 11.3 Å². The van der Waals surface area contributed by atoms with Gasteiger partial charge in [0.2, 0.25) is 5.13 Å². The van der Waals surface area contributed by atoms with Crippen LogP contribution in [0, 0.1) is 0 Å². The number of hydrogen-bond acceptors (Lipinski definition) is 6. The molecule has 0 saturated heterocycles. The van der Waals surface area contributed by atoms with E-state index in [1.807, 2.05) is 42.6 Å². The summed E-state index contributed by atoms with van der Waals surface area (Å²) >= 11 is 8.96. The van der Waals surface area contributed by atoms with E-state index >= 15 is 0 Å². The van der Waals surface area contributed by atoms with Gasteiger partial charge in [-0.3, -0.25) is 0 Å². The highest BCUT2D eigenvalue weighted by atomic mass is 35.5. The predicted molar refractivity (Wildman–Crippen MR) is 138 cm³/mol. The number of rotatable bonds is 6. The van der Waals surface area contributed by atoms with Crippen molar-refractivity contribution in [3.05, 3.63) is 84.0 Å². The Labute approximate surface area is 205 Å². The highest BCUT2D eigenvalue weighted by Gasteiger charge is 2.26. The van der Waals surface area contributed by atoms with Gasteiger partial charge in [-0.2, -0.15) is 0 Å². The number of thiazole rings is 2. The molecule has 0 unspecified atom stereocenters. The van der Waals surface area contributed by atoms with Crippen LogP contribution in [0.2, 0.25) is 5.02 Å². The summed E-state index contributed by atoms with van der Waals surface area (Å²) in [6.45, 7) is 2.07. The van der Waals surface area contributed by atoms with E-state index in [0.717, 1.165) is 25.7 Å². The van der Waals surface area contributed by atoms with E-state index in [1.165, 1.54) is 15.6 Å². The number of benzene rings is 3. The van der Waals surface area contributed by atoms with Crippen LogP contribution >= 0.6 is 34.3 Å². The molecule has 0 bridgehead atoms. The van der Waals surface area contributed by atoms with Gasteiger partial charge in [0.15, 0.2) is 0 Å². The van der Waals surface area contributed by atoms with Crippen LogP contribution in [0.4, 0.5) is 5.13 Å². The number of nitrogens with zero attached hydrogens (tertiary/aromatic N) is 3. The molecule has 2 aromatic heterocycles. The smallest absolute Gasteiger partial charge is 0.244 e. The van der Waals surface area contributed by atoms with Crippen molar-refractivity contribution in [2.24, 2.45) is 0 Å². The second-order valence-corrected chi connectivity index (χ2v) is 11.5. The Morgan fingerprint density at radius 1 is 0.939 bits per heavy atom. The first-order valence-electron chi connectivity index (χ1n) is 10.2. The lowest BCUT2D eigenvalue weighted by Gasteiger charge is -2.19. The van der Waals surface area contributed by atoms with Crippen molar-refractivity contribution in [2.45, 2.75) is 11.8 Å². The first kappa shape index (κ1) is 22.0. The molecule has 9 heteroatoms. The molecule has 0 radical (unpaired) electrons. The van der Waals surface area contributed by atoms with Crippen LogP contribution in [0.1, 0.15) is 6.92 Å². The van der Waals surface area contributed by atoms with Gasteiger partial charge in [0, 0.05) is 23.3 Å². The third kappa shape index (κ3) is 4.27. The number of anilines is 1. The van der Waals surface area contributed by atoms with Crippen molar-refractivity contribution in [1.82, 2.24) is 9.97 Å². The van der Waals surface area contributed by atoms with E-state index < -0.39 is 10.0 Å². The molecule has 33 heavy (non-hydrogen) atoms. The van der Waals surface area contributed by atoms with Crippen LogP contribution in [-0.4, -0.2) is 24.9 Å². The summed E-state index contributed by atoms with van der Waals surface area (Å²) in [7, 11) is -3.77. The molecule has 0 amide bonds. The van der Waals surface area contributed by atoms with Crippen molar-refractivity contribution in [1.29, 1.82) is 0 Å². The molecule has 0 aliphatic heterocycles. The van der Waals surface area contributed by atoms with Crippen LogP contribution < -0.4 is 4.31 Å². The zero-order valence-corrected chi connectivity index (χ0v) is 20.7. The molecule has 5 nitrogen and oxygen atoms in total. The summed E-state index contributed by atoms with van der Waals surface area (Å²) in [5.74, 6) is 0. The molecule has 0 aliphatic carbocycles. The first-order valence-corrected chi connectivity index (χ1v) is 13.6. The summed E-state index contributed by atoms with van der Waals surface area (Å²) in [5.41, 5.74) is 2.67. The number of halogens is 1. The van der Waals surface area contributed by atoms with Gasteiger partial charge in [0.25, 0.3) is 10.0 Å². The molecule has 0 fully saturated rings. The van der Waals surface area contributed by atoms with Gasteiger partial charge in [-0.25, -0.2) is 22.7 Å². The van der Waals surface area contributed by atoms with Crippen molar-refractivity contribution in [2.75, 3.05) is 10.8 Å². The number of fused-ring (bicyclic) bond motifs is 1. The van der Waals surface area contributed by atoms with Crippen molar-refractivity contribution >= 4 is 59.6 Å². The van der Waals surface area contributed by atoms with Crippen LogP contribution in [0.15, 0.2) is 83.9 Å². The Balaban J connectivity index is 1.44. The Hall–Kier alpha value is -2.78. The molecule has 0 atom stereocenters. The maximum atomic E-state index is 13.4. The molecule has 5 aromatic rings. The monoisotopic (exact) mass is 511 g/mol. The summed E-state index contributed by atoms with van der Waals surface area (Å²) in [6, 6.07) is 22.3. The second-order valence-electron chi connectivity index (χ2n) is 7.20. The fourth-order valence-electron chi connectivity index (χ4n) is 3.44. The molecule has 0 aliphatic rings. The zero-order chi connectivity index (χ0) is 23.0. The normalized spacial score (nSPS) is 11.7. The van der Waals surface area contributed by atoms with E-state index in [-0.39, 0.29) is 11.4 Å². The lowest BCUT2D eigenvalue weighted by Crippen LogP contribution is -2.30. The average molecular weight is 512 g/mol. The van der Waals surface area contributed by atoms with E-state index in [4.69, 9.17) is 11.6 Å². The molecule has 2 heterocycles. The van der Waals surface area contributed by atoms with Gasteiger partial charge < -0.3 is 0 Å². The highest BCUT2D eigenvalue weighted by molar-refractivity contribution is 7.93. The van der Waals surface area contributed by atoms with Gasteiger partial charge in [-0.05, 0) is 42.8 Å². The third-order valence-electron chi connectivity index (χ3n) is 5.09. The standard InChI is InChI=1S/C24H18ClN3O2S3/c1-2-28(24-27-20-14-18(25)10-13-21(20)32-24)33(29,30)19-11-8-17(9-12-19)23-26-15-22(31-23)16-6-4-3-5-7-16/h3-15H,2H2,1H3. The van der Waals surface area contributed by atoms with Gasteiger partial charge in [0.1, 0.15) is 5.01 Å². The van der Waals surface area contributed by atoms with Crippen LogP contribution in [0.5, 0.6) is 0 Å². The summed E-state index contributed by atoms with van der Waals surface area (Å²) in [6.07, 6.45) is 1.85.